The van der Waals surface area contributed by atoms with Crippen molar-refractivity contribution in [2.75, 3.05) is 6.54 Å². The lowest BCUT2D eigenvalue weighted by atomic mass is 10.1. The van der Waals surface area contributed by atoms with Gasteiger partial charge in [0.2, 0.25) is 0 Å². The van der Waals surface area contributed by atoms with Gasteiger partial charge in [0.15, 0.2) is 9.93 Å². The first-order chi connectivity index (χ1) is 14.6. The molecule has 9 heteroatoms. The average Bonchev–Trinajstić information content (AvgIpc) is 3.35. The highest BCUT2D eigenvalue weighted by molar-refractivity contribution is 7.98. The van der Waals surface area contributed by atoms with Crippen LogP contribution in [0.4, 0.5) is 0 Å². The standard InChI is InChI=1S/C21H22N6OS2/c1-2-27-18(25-26-21(27)29)11-12-22-19(28)15-9-7-14(8-10-15)13-30-20-23-16-5-3-4-6-17(16)24-20/h3-10H,2,11-13H2,1H3,(H,22,28)(H,23,24)(H,26,29). The van der Waals surface area contributed by atoms with Crippen LogP contribution in [0, 0.1) is 4.77 Å². The Kier molecular flexibility index (Phi) is 6.29. The molecule has 30 heavy (non-hydrogen) atoms. The summed E-state index contributed by atoms with van der Waals surface area (Å²) in [6.07, 6.45) is 0.624. The van der Waals surface area contributed by atoms with Crippen LogP contribution in [0.1, 0.15) is 28.7 Å². The Labute approximate surface area is 183 Å². The van der Waals surface area contributed by atoms with E-state index in [2.05, 4.69) is 25.5 Å². The van der Waals surface area contributed by atoms with Gasteiger partial charge in [0, 0.05) is 30.8 Å². The van der Waals surface area contributed by atoms with Crippen LogP contribution in [0.3, 0.4) is 0 Å². The highest BCUT2D eigenvalue weighted by atomic mass is 32.2. The smallest absolute Gasteiger partial charge is 0.251 e. The fourth-order valence-electron chi connectivity index (χ4n) is 3.16. The van der Waals surface area contributed by atoms with Gasteiger partial charge in [0.05, 0.1) is 11.0 Å². The second-order valence-electron chi connectivity index (χ2n) is 6.74. The molecule has 0 aliphatic carbocycles. The van der Waals surface area contributed by atoms with Crippen molar-refractivity contribution < 1.29 is 4.79 Å². The van der Waals surface area contributed by atoms with Crippen molar-refractivity contribution in [3.63, 3.8) is 0 Å². The Balaban J connectivity index is 1.29. The van der Waals surface area contributed by atoms with E-state index < -0.39 is 0 Å². The summed E-state index contributed by atoms with van der Waals surface area (Å²) in [6, 6.07) is 15.6. The molecule has 0 aliphatic rings. The number of benzene rings is 2. The number of fused-ring (bicyclic) bond motifs is 1. The zero-order valence-corrected chi connectivity index (χ0v) is 18.1. The van der Waals surface area contributed by atoms with Crippen LogP contribution in [0.5, 0.6) is 0 Å². The molecule has 0 radical (unpaired) electrons. The molecule has 7 nitrogen and oxygen atoms in total. The molecule has 0 atom stereocenters. The molecule has 0 spiro atoms. The normalized spacial score (nSPS) is 11.1. The Hall–Kier alpha value is -2.91. The molecule has 0 fully saturated rings. The molecule has 1 amide bonds. The van der Waals surface area contributed by atoms with Crippen LogP contribution in [0.25, 0.3) is 11.0 Å². The molecule has 0 unspecified atom stereocenters. The third kappa shape index (κ3) is 4.63. The lowest BCUT2D eigenvalue weighted by Crippen LogP contribution is -2.26. The van der Waals surface area contributed by atoms with E-state index in [0.717, 1.165) is 39.9 Å². The predicted octanol–water partition coefficient (Wildman–Crippen LogP) is 4.10. The topological polar surface area (TPSA) is 91.4 Å². The Morgan fingerprint density at radius 3 is 2.77 bits per heavy atom. The highest BCUT2D eigenvalue weighted by Crippen LogP contribution is 2.23. The summed E-state index contributed by atoms with van der Waals surface area (Å²) >= 11 is 6.82. The summed E-state index contributed by atoms with van der Waals surface area (Å²) in [5.41, 5.74) is 3.78. The molecule has 2 aromatic heterocycles. The molecule has 0 aliphatic heterocycles. The van der Waals surface area contributed by atoms with Gasteiger partial charge < -0.3 is 14.9 Å². The number of rotatable bonds is 8. The molecule has 154 valence electrons. The van der Waals surface area contributed by atoms with E-state index in [0.29, 0.717) is 23.3 Å². The average molecular weight is 439 g/mol. The largest absolute Gasteiger partial charge is 0.352 e. The fraction of sp³-hybridized carbons (Fsp3) is 0.238. The summed E-state index contributed by atoms with van der Waals surface area (Å²) < 4.78 is 2.53. The van der Waals surface area contributed by atoms with E-state index in [1.165, 1.54) is 0 Å². The van der Waals surface area contributed by atoms with E-state index >= 15 is 0 Å². The molecule has 4 aromatic rings. The van der Waals surface area contributed by atoms with Gasteiger partial charge in [-0.25, -0.2) is 4.98 Å². The summed E-state index contributed by atoms with van der Waals surface area (Å²) in [5.74, 6) is 1.53. The number of carbonyl (C=O) groups excluding carboxylic acids is 1. The van der Waals surface area contributed by atoms with Gasteiger partial charge >= 0.3 is 0 Å². The second-order valence-corrected chi connectivity index (χ2v) is 8.09. The van der Waals surface area contributed by atoms with Gasteiger partial charge in [0.1, 0.15) is 5.82 Å². The minimum atomic E-state index is -0.0938. The van der Waals surface area contributed by atoms with Gasteiger partial charge in [0.25, 0.3) is 5.91 Å². The van der Waals surface area contributed by atoms with Crippen LogP contribution in [-0.2, 0) is 18.7 Å². The van der Waals surface area contributed by atoms with Crippen LogP contribution >= 0.6 is 24.0 Å². The molecule has 0 saturated carbocycles. The van der Waals surface area contributed by atoms with Gasteiger partial charge in [-0.1, -0.05) is 36.0 Å². The second kappa shape index (κ2) is 9.27. The Morgan fingerprint density at radius 2 is 2.00 bits per heavy atom. The summed E-state index contributed by atoms with van der Waals surface area (Å²) in [7, 11) is 0. The van der Waals surface area contributed by atoms with Crippen molar-refractivity contribution in [3.05, 3.63) is 70.3 Å². The van der Waals surface area contributed by atoms with E-state index in [4.69, 9.17) is 12.2 Å². The monoisotopic (exact) mass is 438 g/mol. The van der Waals surface area contributed by atoms with E-state index in [9.17, 15) is 4.79 Å². The molecule has 0 saturated heterocycles. The lowest BCUT2D eigenvalue weighted by Gasteiger charge is -2.07. The van der Waals surface area contributed by atoms with Gasteiger partial charge in [-0.15, -0.1) is 0 Å². The van der Waals surface area contributed by atoms with Crippen molar-refractivity contribution in [2.24, 2.45) is 0 Å². The van der Waals surface area contributed by atoms with Gasteiger partial charge in [-0.05, 0) is 49.0 Å². The van der Waals surface area contributed by atoms with E-state index in [1.807, 2.05) is 60.0 Å². The number of aromatic amines is 2. The molecule has 0 bridgehead atoms. The summed E-state index contributed by atoms with van der Waals surface area (Å²) in [6.45, 7) is 3.27. The quantitative estimate of drug-likeness (QED) is 0.285. The maximum atomic E-state index is 12.4. The molecular weight excluding hydrogens is 416 g/mol. The number of para-hydroxylation sites is 2. The number of imidazole rings is 1. The zero-order valence-electron chi connectivity index (χ0n) is 16.5. The van der Waals surface area contributed by atoms with Crippen molar-refractivity contribution in [1.82, 2.24) is 30.0 Å². The lowest BCUT2D eigenvalue weighted by molar-refractivity contribution is 0.0954. The van der Waals surface area contributed by atoms with Crippen LogP contribution in [0.15, 0.2) is 53.7 Å². The number of thioether (sulfide) groups is 1. The third-order valence-electron chi connectivity index (χ3n) is 4.75. The highest BCUT2D eigenvalue weighted by Gasteiger charge is 2.08. The fourth-order valence-corrected chi connectivity index (χ4v) is 4.28. The number of aromatic nitrogens is 5. The maximum Gasteiger partial charge on any atom is 0.251 e. The summed E-state index contributed by atoms with van der Waals surface area (Å²) in [4.78, 5) is 20.3. The Morgan fingerprint density at radius 1 is 1.20 bits per heavy atom. The number of amides is 1. The molecule has 4 rings (SSSR count). The van der Waals surface area contributed by atoms with Crippen LogP contribution in [-0.4, -0.2) is 37.2 Å². The molecule has 2 aromatic carbocycles. The molecular formula is C21H22N6OS2. The van der Waals surface area contributed by atoms with Crippen molar-refractivity contribution in [3.8, 4) is 0 Å². The zero-order chi connectivity index (χ0) is 20.9. The number of H-pyrrole nitrogens is 2. The van der Waals surface area contributed by atoms with Gasteiger partial charge in [-0.3, -0.25) is 9.89 Å². The number of carbonyl (C=O) groups is 1. The van der Waals surface area contributed by atoms with E-state index in [1.54, 1.807) is 11.8 Å². The number of hydrogen-bond donors (Lipinski definition) is 3. The summed E-state index contributed by atoms with van der Waals surface area (Å²) in [5, 5.41) is 10.8. The first kappa shape index (κ1) is 20.4. The SMILES string of the molecule is CCn1c(CCNC(=O)c2ccc(CSc3nc4ccccc4[nH]3)cc2)n[nH]c1=S. The van der Waals surface area contributed by atoms with Crippen molar-refractivity contribution in [2.45, 2.75) is 30.8 Å². The van der Waals surface area contributed by atoms with Crippen molar-refractivity contribution in [1.29, 1.82) is 0 Å². The van der Waals surface area contributed by atoms with Gasteiger partial charge in [-0.2, -0.15) is 5.10 Å². The van der Waals surface area contributed by atoms with Crippen LogP contribution in [0.2, 0.25) is 0 Å². The van der Waals surface area contributed by atoms with E-state index in [-0.39, 0.29) is 5.91 Å². The first-order valence-corrected chi connectivity index (χ1v) is 11.1. The molecule has 3 N–H and O–H groups in total. The number of nitrogens with one attached hydrogen (secondary N) is 3. The minimum absolute atomic E-state index is 0.0938. The van der Waals surface area contributed by atoms with Crippen molar-refractivity contribution >= 4 is 40.9 Å². The predicted molar refractivity (Wildman–Crippen MR) is 121 cm³/mol. The van der Waals surface area contributed by atoms with Crippen LogP contribution < -0.4 is 5.32 Å². The Bertz CT molecular complexity index is 1180. The maximum absolute atomic E-state index is 12.4. The minimum Gasteiger partial charge on any atom is -0.352 e. The number of nitrogens with zero attached hydrogens (tertiary/aromatic N) is 3. The third-order valence-corrected chi connectivity index (χ3v) is 6.00. The number of hydrogen-bond acceptors (Lipinski definition) is 5. The first-order valence-electron chi connectivity index (χ1n) is 9.73. The molecule has 2 heterocycles.